The summed E-state index contributed by atoms with van der Waals surface area (Å²) in [6, 6.07) is 0. The lowest BCUT2D eigenvalue weighted by Crippen LogP contribution is -2.49. The van der Waals surface area contributed by atoms with Crippen molar-refractivity contribution in [2.75, 3.05) is 0 Å². The minimum Gasteiger partial charge on any atom is -0.481 e. The van der Waals surface area contributed by atoms with Gasteiger partial charge in [0.2, 0.25) is 5.91 Å². The molecule has 0 fully saturated rings. The van der Waals surface area contributed by atoms with Crippen molar-refractivity contribution in [3.05, 3.63) is 21.5 Å². The molecule has 0 aliphatic rings. The normalized spacial score (nSPS) is 11.3. The molecule has 1 aromatic heterocycles. The van der Waals surface area contributed by atoms with Crippen LogP contribution in [0.2, 0.25) is 0 Å². The summed E-state index contributed by atoms with van der Waals surface area (Å²) in [7, 11) is 0. The van der Waals surface area contributed by atoms with E-state index in [2.05, 4.69) is 10.4 Å². The van der Waals surface area contributed by atoms with Gasteiger partial charge in [0.15, 0.2) is 0 Å². The van der Waals surface area contributed by atoms with Crippen LogP contribution in [0.5, 0.6) is 0 Å². The first kappa shape index (κ1) is 19.6. The molecule has 0 saturated heterocycles. The van der Waals surface area contributed by atoms with Gasteiger partial charge >= 0.3 is 11.7 Å². The number of aliphatic carboxylic acids is 1. The predicted molar refractivity (Wildman–Crippen MR) is 86.7 cm³/mol. The SMILES string of the molecule is CCC(CC)(CC(=O)O)NC(=O)CCn1nc(C)c([N+](=O)[O-])c1C. The second kappa shape index (κ2) is 7.89. The standard InChI is InChI=1S/C15H24N4O5/c1-5-15(6-2,9-13(21)22)16-12(20)7-8-18-11(4)14(19(23)24)10(3)17-18/h5-9H2,1-4H3,(H,16,20)(H,21,22). The molecule has 1 amide bonds. The molecule has 24 heavy (non-hydrogen) atoms. The Labute approximate surface area is 140 Å². The molecule has 0 radical (unpaired) electrons. The fraction of sp³-hybridized carbons (Fsp3) is 0.667. The molecule has 0 atom stereocenters. The van der Waals surface area contributed by atoms with Crippen molar-refractivity contribution in [2.45, 2.75) is 65.5 Å². The van der Waals surface area contributed by atoms with Gasteiger partial charge < -0.3 is 10.4 Å². The number of hydrogen-bond acceptors (Lipinski definition) is 5. The van der Waals surface area contributed by atoms with Gasteiger partial charge in [-0.25, -0.2) is 0 Å². The van der Waals surface area contributed by atoms with Crippen molar-refractivity contribution < 1.29 is 19.6 Å². The Morgan fingerprint density at radius 2 is 1.92 bits per heavy atom. The second-order valence-corrected chi connectivity index (χ2v) is 5.86. The highest BCUT2D eigenvalue weighted by Crippen LogP contribution is 2.22. The third-order valence-electron chi connectivity index (χ3n) is 4.32. The van der Waals surface area contributed by atoms with Crippen molar-refractivity contribution in [3.8, 4) is 0 Å². The molecule has 0 aromatic carbocycles. The minimum atomic E-state index is -0.965. The topological polar surface area (TPSA) is 127 Å². The molecule has 0 aliphatic carbocycles. The number of hydrogen-bond donors (Lipinski definition) is 2. The molecule has 0 spiro atoms. The number of carboxylic acid groups (broad SMARTS) is 1. The largest absolute Gasteiger partial charge is 0.481 e. The summed E-state index contributed by atoms with van der Waals surface area (Å²) in [5.41, 5.74) is -0.115. The summed E-state index contributed by atoms with van der Waals surface area (Å²) in [4.78, 5) is 33.7. The van der Waals surface area contributed by atoms with Crippen LogP contribution in [-0.2, 0) is 16.1 Å². The molecule has 0 bridgehead atoms. The Bertz CT molecular complexity index is 634. The lowest BCUT2D eigenvalue weighted by Gasteiger charge is -2.31. The summed E-state index contributed by atoms with van der Waals surface area (Å²) < 4.78 is 1.43. The summed E-state index contributed by atoms with van der Waals surface area (Å²) in [5.74, 6) is -1.26. The summed E-state index contributed by atoms with van der Waals surface area (Å²) >= 11 is 0. The fourth-order valence-corrected chi connectivity index (χ4v) is 2.75. The lowest BCUT2D eigenvalue weighted by atomic mass is 9.89. The first-order valence-electron chi connectivity index (χ1n) is 7.87. The van der Waals surface area contributed by atoms with Crippen LogP contribution in [-0.4, -0.2) is 37.2 Å². The van der Waals surface area contributed by atoms with Crippen LogP contribution in [0.25, 0.3) is 0 Å². The van der Waals surface area contributed by atoms with Crippen LogP contribution >= 0.6 is 0 Å². The number of aromatic nitrogens is 2. The molecule has 2 N–H and O–H groups in total. The molecule has 1 heterocycles. The molecule has 0 unspecified atom stereocenters. The Hall–Kier alpha value is -2.45. The van der Waals surface area contributed by atoms with E-state index in [9.17, 15) is 19.7 Å². The number of carbonyl (C=O) groups is 2. The number of carbonyl (C=O) groups excluding carboxylic acids is 1. The van der Waals surface area contributed by atoms with Gasteiger partial charge in [-0.1, -0.05) is 13.8 Å². The Balaban J connectivity index is 2.77. The average molecular weight is 340 g/mol. The van der Waals surface area contributed by atoms with E-state index < -0.39 is 16.4 Å². The molecule has 0 saturated carbocycles. The highest BCUT2D eigenvalue weighted by atomic mass is 16.6. The molecular formula is C15H24N4O5. The zero-order valence-electron chi connectivity index (χ0n) is 14.5. The van der Waals surface area contributed by atoms with Gasteiger partial charge in [0, 0.05) is 12.0 Å². The van der Waals surface area contributed by atoms with Gasteiger partial charge in [-0.2, -0.15) is 5.10 Å². The van der Waals surface area contributed by atoms with E-state index >= 15 is 0 Å². The van der Waals surface area contributed by atoms with E-state index in [1.165, 1.54) is 4.68 Å². The molecule has 134 valence electrons. The van der Waals surface area contributed by atoms with Crippen LogP contribution in [0.3, 0.4) is 0 Å². The minimum absolute atomic E-state index is 0.0438. The van der Waals surface area contributed by atoms with E-state index in [4.69, 9.17) is 5.11 Å². The third kappa shape index (κ3) is 4.53. The van der Waals surface area contributed by atoms with E-state index in [0.29, 0.717) is 24.2 Å². The van der Waals surface area contributed by atoms with Crippen LogP contribution in [0.4, 0.5) is 5.69 Å². The summed E-state index contributed by atoms with van der Waals surface area (Å²) in [6.07, 6.45) is 0.942. The first-order valence-corrected chi connectivity index (χ1v) is 7.87. The van der Waals surface area contributed by atoms with Crippen LogP contribution in [0.1, 0.15) is 50.9 Å². The van der Waals surface area contributed by atoms with Gasteiger partial charge in [-0.05, 0) is 26.7 Å². The number of rotatable bonds is 9. The van der Waals surface area contributed by atoms with Crippen molar-refractivity contribution in [1.82, 2.24) is 15.1 Å². The maximum absolute atomic E-state index is 12.2. The third-order valence-corrected chi connectivity index (χ3v) is 4.32. The van der Waals surface area contributed by atoms with Gasteiger partial charge in [0.1, 0.15) is 11.4 Å². The van der Waals surface area contributed by atoms with E-state index in [1.807, 2.05) is 13.8 Å². The van der Waals surface area contributed by atoms with Gasteiger partial charge in [-0.15, -0.1) is 0 Å². The quantitative estimate of drug-likeness (QED) is 0.522. The Morgan fingerprint density at radius 3 is 2.33 bits per heavy atom. The van der Waals surface area contributed by atoms with Crippen molar-refractivity contribution in [1.29, 1.82) is 0 Å². The number of carboxylic acids is 1. The zero-order chi connectivity index (χ0) is 18.5. The fourth-order valence-electron chi connectivity index (χ4n) is 2.75. The zero-order valence-corrected chi connectivity index (χ0v) is 14.5. The van der Waals surface area contributed by atoms with Gasteiger partial charge in [-0.3, -0.25) is 24.4 Å². The predicted octanol–water partition coefficient (Wildman–Crippen LogP) is 1.95. The number of amides is 1. The molecule has 9 nitrogen and oxygen atoms in total. The van der Waals surface area contributed by atoms with E-state index in [0.717, 1.165) is 0 Å². The van der Waals surface area contributed by atoms with Crippen molar-refractivity contribution in [2.24, 2.45) is 0 Å². The van der Waals surface area contributed by atoms with Crippen LogP contribution in [0, 0.1) is 24.0 Å². The average Bonchev–Trinajstić information content (AvgIpc) is 2.78. The van der Waals surface area contributed by atoms with Gasteiger partial charge in [0.05, 0.1) is 17.9 Å². The second-order valence-electron chi connectivity index (χ2n) is 5.86. The lowest BCUT2D eigenvalue weighted by molar-refractivity contribution is -0.386. The molecule has 9 heteroatoms. The molecule has 1 aromatic rings. The Kier molecular flexibility index (Phi) is 6.44. The maximum atomic E-state index is 12.2. The van der Waals surface area contributed by atoms with Gasteiger partial charge in [0.25, 0.3) is 0 Å². The van der Waals surface area contributed by atoms with E-state index in [1.54, 1.807) is 13.8 Å². The highest BCUT2D eigenvalue weighted by molar-refractivity contribution is 5.78. The monoisotopic (exact) mass is 340 g/mol. The Morgan fingerprint density at radius 1 is 1.33 bits per heavy atom. The number of nitrogens with one attached hydrogen (secondary N) is 1. The number of aryl methyl sites for hydroxylation is 2. The number of nitrogens with zero attached hydrogens (tertiary/aromatic N) is 3. The van der Waals surface area contributed by atoms with Crippen molar-refractivity contribution in [3.63, 3.8) is 0 Å². The smallest absolute Gasteiger partial charge is 0.312 e. The first-order chi connectivity index (χ1) is 11.2. The summed E-state index contributed by atoms with van der Waals surface area (Å²) in [6.45, 7) is 6.99. The van der Waals surface area contributed by atoms with E-state index in [-0.39, 0.29) is 31.0 Å². The molecule has 0 aliphatic heterocycles. The summed E-state index contributed by atoms with van der Waals surface area (Å²) in [5, 5.41) is 26.9. The van der Waals surface area contributed by atoms with Crippen LogP contribution in [0.15, 0.2) is 0 Å². The number of nitro groups is 1. The maximum Gasteiger partial charge on any atom is 0.312 e. The van der Waals surface area contributed by atoms with Crippen molar-refractivity contribution >= 4 is 17.6 Å². The molecular weight excluding hydrogens is 316 g/mol. The highest BCUT2D eigenvalue weighted by Gasteiger charge is 2.31. The molecule has 1 rings (SSSR count). The van der Waals surface area contributed by atoms with Crippen LogP contribution < -0.4 is 5.32 Å².